The first-order chi connectivity index (χ1) is 12.9. The van der Waals surface area contributed by atoms with E-state index in [1.807, 2.05) is 31.7 Å². The number of rotatable bonds is 1. The van der Waals surface area contributed by atoms with Gasteiger partial charge in [-0.1, -0.05) is 48.5 Å². The third kappa shape index (κ3) is 3.53. The van der Waals surface area contributed by atoms with Gasteiger partial charge in [0.05, 0.1) is 12.1 Å². The first-order valence-electron chi connectivity index (χ1n) is 9.84. The van der Waals surface area contributed by atoms with E-state index in [9.17, 15) is 4.79 Å². The van der Waals surface area contributed by atoms with E-state index in [4.69, 9.17) is 4.74 Å². The average molecular weight is 364 g/mol. The molecule has 0 radical (unpaired) electrons. The number of carbonyl (C=O) groups is 1. The van der Waals surface area contributed by atoms with Crippen molar-refractivity contribution in [2.75, 3.05) is 11.9 Å². The Morgan fingerprint density at radius 1 is 1.07 bits per heavy atom. The van der Waals surface area contributed by atoms with Crippen LogP contribution in [-0.4, -0.2) is 23.1 Å². The summed E-state index contributed by atoms with van der Waals surface area (Å²) < 4.78 is 5.75. The Bertz CT molecular complexity index is 813. The van der Waals surface area contributed by atoms with Crippen LogP contribution < -0.4 is 5.32 Å². The molecule has 4 heteroatoms. The molecule has 0 aliphatic carbocycles. The Morgan fingerprint density at radius 2 is 1.78 bits per heavy atom. The van der Waals surface area contributed by atoms with Crippen molar-refractivity contribution in [1.29, 1.82) is 0 Å². The minimum atomic E-state index is -0.491. The second kappa shape index (κ2) is 6.91. The number of nitrogens with one attached hydrogen (secondary N) is 1. The van der Waals surface area contributed by atoms with Crippen LogP contribution in [0.1, 0.15) is 56.8 Å². The Labute approximate surface area is 161 Å². The van der Waals surface area contributed by atoms with Crippen molar-refractivity contribution < 1.29 is 9.53 Å². The van der Waals surface area contributed by atoms with Crippen LogP contribution in [0.15, 0.2) is 54.6 Å². The zero-order valence-electron chi connectivity index (χ0n) is 16.3. The van der Waals surface area contributed by atoms with Crippen molar-refractivity contribution in [2.24, 2.45) is 5.92 Å². The highest BCUT2D eigenvalue weighted by atomic mass is 16.6. The average Bonchev–Trinajstić information content (AvgIpc) is 2.66. The van der Waals surface area contributed by atoms with Crippen LogP contribution in [0.3, 0.4) is 0 Å². The molecule has 0 unspecified atom stereocenters. The number of fused-ring (bicyclic) bond motifs is 3. The lowest BCUT2D eigenvalue weighted by atomic mass is 9.74. The minimum absolute atomic E-state index is 0.0382. The summed E-state index contributed by atoms with van der Waals surface area (Å²) in [4.78, 5) is 15.0. The quantitative estimate of drug-likeness (QED) is 0.722. The van der Waals surface area contributed by atoms with Gasteiger partial charge in [0.2, 0.25) is 0 Å². The van der Waals surface area contributed by atoms with Crippen molar-refractivity contribution >= 4 is 11.8 Å². The number of para-hydroxylation sites is 1. The molecule has 4 nitrogen and oxygen atoms in total. The van der Waals surface area contributed by atoms with E-state index in [1.54, 1.807) is 0 Å². The van der Waals surface area contributed by atoms with Crippen molar-refractivity contribution in [3.05, 3.63) is 65.7 Å². The number of hydrogen-bond donors (Lipinski definition) is 1. The standard InChI is InChI=1S/C23H28N2O2/c1-23(2,3)27-22(26)25-15-9-13-18-20(16-10-5-4-6-11-16)24-19-14-8-7-12-17(19)21(18)25/h4-8,10-12,14,18,20-21,24H,9,13,15H2,1-3H3/t18-,20-,21+/m1/s1. The van der Waals surface area contributed by atoms with Gasteiger partial charge in [0.25, 0.3) is 0 Å². The van der Waals surface area contributed by atoms with E-state index in [-0.39, 0.29) is 18.2 Å². The molecule has 142 valence electrons. The lowest BCUT2D eigenvalue weighted by Gasteiger charge is -2.48. The van der Waals surface area contributed by atoms with E-state index in [1.165, 1.54) is 11.1 Å². The lowest BCUT2D eigenvalue weighted by Crippen LogP contribution is -2.49. The Hall–Kier alpha value is -2.49. The second-order valence-electron chi connectivity index (χ2n) is 8.54. The number of ether oxygens (including phenoxy) is 1. The van der Waals surface area contributed by atoms with Crippen LogP contribution in [0.2, 0.25) is 0 Å². The number of carbonyl (C=O) groups excluding carboxylic acids is 1. The molecule has 2 aromatic rings. The molecule has 0 spiro atoms. The van der Waals surface area contributed by atoms with E-state index < -0.39 is 5.60 Å². The van der Waals surface area contributed by atoms with Crippen LogP contribution in [0, 0.1) is 5.92 Å². The molecular formula is C23H28N2O2. The molecule has 0 aromatic heterocycles. The van der Waals surface area contributed by atoms with Gasteiger partial charge in [0, 0.05) is 18.2 Å². The maximum Gasteiger partial charge on any atom is 0.410 e. The van der Waals surface area contributed by atoms with Crippen LogP contribution >= 0.6 is 0 Å². The van der Waals surface area contributed by atoms with Gasteiger partial charge < -0.3 is 15.0 Å². The highest BCUT2D eigenvalue weighted by Gasteiger charge is 2.45. The number of hydrogen-bond acceptors (Lipinski definition) is 3. The maximum atomic E-state index is 13.0. The fourth-order valence-electron chi connectivity index (χ4n) is 4.45. The van der Waals surface area contributed by atoms with Gasteiger partial charge in [-0.3, -0.25) is 0 Å². The monoisotopic (exact) mass is 364 g/mol. The highest BCUT2D eigenvalue weighted by molar-refractivity contribution is 5.71. The number of benzene rings is 2. The second-order valence-corrected chi connectivity index (χ2v) is 8.54. The summed E-state index contributed by atoms with van der Waals surface area (Å²) in [5.74, 6) is 0.323. The topological polar surface area (TPSA) is 41.6 Å². The molecule has 0 saturated carbocycles. The van der Waals surface area contributed by atoms with Gasteiger partial charge in [-0.2, -0.15) is 0 Å². The number of nitrogens with zero attached hydrogens (tertiary/aromatic N) is 1. The van der Waals surface area contributed by atoms with Gasteiger partial charge in [0.1, 0.15) is 5.60 Å². The summed E-state index contributed by atoms with van der Waals surface area (Å²) >= 11 is 0. The van der Waals surface area contributed by atoms with E-state index in [0.29, 0.717) is 5.92 Å². The minimum Gasteiger partial charge on any atom is -0.444 e. The van der Waals surface area contributed by atoms with E-state index >= 15 is 0 Å². The third-order valence-electron chi connectivity index (χ3n) is 5.48. The number of piperidine rings is 1. The Balaban J connectivity index is 1.74. The predicted molar refractivity (Wildman–Crippen MR) is 108 cm³/mol. The third-order valence-corrected chi connectivity index (χ3v) is 5.48. The molecule has 1 amide bonds. The van der Waals surface area contributed by atoms with Crippen LogP contribution in [0.25, 0.3) is 0 Å². The Kier molecular flexibility index (Phi) is 4.58. The number of amides is 1. The van der Waals surface area contributed by atoms with Gasteiger partial charge in [-0.25, -0.2) is 4.79 Å². The normalized spacial score (nSPS) is 24.4. The molecule has 2 aliphatic heterocycles. The maximum absolute atomic E-state index is 13.0. The highest BCUT2D eigenvalue weighted by Crippen LogP contribution is 2.50. The smallest absolute Gasteiger partial charge is 0.410 e. The molecule has 2 aromatic carbocycles. The van der Waals surface area contributed by atoms with Crippen molar-refractivity contribution in [3.8, 4) is 0 Å². The number of anilines is 1. The lowest BCUT2D eigenvalue weighted by molar-refractivity contribution is -0.00379. The largest absolute Gasteiger partial charge is 0.444 e. The molecule has 0 bridgehead atoms. The first-order valence-corrected chi connectivity index (χ1v) is 9.84. The fraction of sp³-hybridized carbons (Fsp3) is 0.435. The Morgan fingerprint density at radius 3 is 2.52 bits per heavy atom. The van der Waals surface area contributed by atoms with Crippen molar-refractivity contribution in [3.63, 3.8) is 0 Å². The molecule has 2 aliphatic rings. The zero-order valence-corrected chi connectivity index (χ0v) is 16.3. The van der Waals surface area contributed by atoms with E-state index in [2.05, 4.69) is 53.8 Å². The van der Waals surface area contributed by atoms with Gasteiger partial charge in [-0.15, -0.1) is 0 Å². The van der Waals surface area contributed by atoms with Gasteiger partial charge >= 0.3 is 6.09 Å². The SMILES string of the molecule is CC(C)(C)OC(=O)N1CCC[C@@H]2[C@@H](c3ccccc3)Nc3ccccc3[C@@H]21. The van der Waals surface area contributed by atoms with Crippen molar-refractivity contribution in [2.45, 2.75) is 51.3 Å². The molecule has 4 rings (SSSR count). The van der Waals surface area contributed by atoms with Crippen LogP contribution in [0.4, 0.5) is 10.5 Å². The zero-order chi connectivity index (χ0) is 19.0. The molecule has 1 N–H and O–H groups in total. The predicted octanol–water partition coefficient (Wildman–Crippen LogP) is 5.54. The van der Waals surface area contributed by atoms with Crippen LogP contribution in [0.5, 0.6) is 0 Å². The molecule has 3 atom stereocenters. The molecule has 27 heavy (non-hydrogen) atoms. The van der Waals surface area contributed by atoms with Gasteiger partial charge in [0.15, 0.2) is 0 Å². The van der Waals surface area contributed by atoms with Crippen molar-refractivity contribution in [1.82, 2.24) is 4.90 Å². The summed E-state index contributed by atoms with van der Waals surface area (Å²) in [6.45, 7) is 6.52. The summed E-state index contributed by atoms with van der Waals surface area (Å²) in [6, 6.07) is 19.2. The molecular weight excluding hydrogens is 336 g/mol. The first kappa shape index (κ1) is 17.9. The summed E-state index contributed by atoms with van der Waals surface area (Å²) in [7, 11) is 0. The van der Waals surface area contributed by atoms with Crippen LogP contribution in [-0.2, 0) is 4.74 Å². The molecule has 1 saturated heterocycles. The number of likely N-dealkylation sites (tertiary alicyclic amines) is 1. The molecule has 1 fully saturated rings. The van der Waals surface area contributed by atoms with E-state index in [0.717, 1.165) is 25.1 Å². The molecule has 2 heterocycles. The summed E-state index contributed by atoms with van der Waals surface area (Å²) in [6.07, 6.45) is 1.87. The summed E-state index contributed by atoms with van der Waals surface area (Å²) in [5, 5.41) is 3.74. The van der Waals surface area contributed by atoms with Gasteiger partial charge in [-0.05, 0) is 50.8 Å². The fourth-order valence-corrected chi connectivity index (χ4v) is 4.45. The summed E-state index contributed by atoms with van der Waals surface area (Å²) in [5.41, 5.74) is 3.09.